The third kappa shape index (κ3) is 5.45. The summed E-state index contributed by atoms with van der Waals surface area (Å²) >= 11 is 0. The lowest BCUT2D eigenvalue weighted by Gasteiger charge is -2.28. The highest BCUT2D eigenvalue weighted by molar-refractivity contribution is 5.86. The van der Waals surface area contributed by atoms with E-state index in [-0.39, 0.29) is 29.8 Å². The molecule has 0 aromatic rings. The average molecular weight is 266 g/mol. The number of nitrogens with one attached hydrogen (secondary N) is 1. The zero-order valence-corrected chi connectivity index (χ0v) is 12.5. The van der Waals surface area contributed by atoms with Crippen LogP contribution in [0.5, 0.6) is 0 Å². The Hall–Kier alpha value is -1.32. The number of rotatable bonds is 4. The largest absolute Gasteiger partial charge is 0.350 e. The van der Waals surface area contributed by atoms with Crippen molar-refractivity contribution < 1.29 is 9.59 Å². The number of hydrogen-bond acceptors (Lipinski definition) is 2. The van der Waals surface area contributed by atoms with Gasteiger partial charge in [0.05, 0.1) is 6.54 Å². The summed E-state index contributed by atoms with van der Waals surface area (Å²) in [5.41, 5.74) is -0.257. The molecule has 108 valence electrons. The van der Waals surface area contributed by atoms with Gasteiger partial charge < -0.3 is 10.2 Å². The second kappa shape index (κ2) is 6.73. The summed E-state index contributed by atoms with van der Waals surface area (Å²) in [6, 6.07) is 0. The van der Waals surface area contributed by atoms with Gasteiger partial charge in [0.2, 0.25) is 11.8 Å². The minimum atomic E-state index is -0.257. The first kappa shape index (κ1) is 15.7. The maximum absolute atomic E-state index is 12.3. The number of nitrogens with zero attached hydrogens (tertiary/aromatic N) is 1. The van der Waals surface area contributed by atoms with Crippen molar-refractivity contribution in [3.8, 4) is 0 Å². The second-order valence-electron chi connectivity index (χ2n) is 6.13. The Labute approximate surface area is 116 Å². The lowest BCUT2D eigenvalue weighted by Crippen LogP contribution is -2.48. The second-order valence-corrected chi connectivity index (χ2v) is 6.13. The van der Waals surface area contributed by atoms with Crippen molar-refractivity contribution >= 4 is 11.8 Å². The third-order valence-electron chi connectivity index (χ3n) is 3.16. The Bertz CT molecular complexity index is 356. The number of likely N-dealkylation sites (N-methyl/N-ethyl adjacent to an activating group) is 1. The zero-order valence-electron chi connectivity index (χ0n) is 12.5. The number of carbonyl (C=O) groups is 2. The first-order valence-electron chi connectivity index (χ1n) is 7.08. The van der Waals surface area contributed by atoms with Crippen molar-refractivity contribution in [1.29, 1.82) is 0 Å². The first-order chi connectivity index (χ1) is 8.83. The van der Waals surface area contributed by atoms with Gasteiger partial charge in [-0.1, -0.05) is 12.2 Å². The van der Waals surface area contributed by atoms with Crippen LogP contribution in [0.2, 0.25) is 0 Å². The third-order valence-corrected chi connectivity index (χ3v) is 3.16. The molecule has 0 heterocycles. The fraction of sp³-hybridized carbons (Fsp3) is 0.733. The summed E-state index contributed by atoms with van der Waals surface area (Å²) in [7, 11) is 0. The molecule has 1 atom stereocenters. The van der Waals surface area contributed by atoms with Crippen molar-refractivity contribution in [2.45, 2.75) is 52.5 Å². The summed E-state index contributed by atoms with van der Waals surface area (Å²) in [5, 5.41) is 2.89. The van der Waals surface area contributed by atoms with E-state index in [0.29, 0.717) is 6.54 Å². The average Bonchev–Trinajstić information content (AvgIpc) is 2.34. The molecule has 0 aromatic heterocycles. The molecule has 0 radical (unpaired) electrons. The van der Waals surface area contributed by atoms with Crippen LogP contribution in [0, 0.1) is 5.92 Å². The lowest BCUT2D eigenvalue weighted by molar-refractivity contribution is -0.139. The molecule has 0 saturated heterocycles. The highest BCUT2D eigenvalue weighted by Gasteiger charge is 2.25. The van der Waals surface area contributed by atoms with Crippen LogP contribution < -0.4 is 5.32 Å². The molecule has 0 saturated carbocycles. The number of amides is 2. The number of hydrogen-bond donors (Lipinski definition) is 1. The van der Waals surface area contributed by atoms with Crippen LogP contribution in [0.3, 0.4) is 0 Å². The Morgan fingerprint density at radius 1 is 1.32 bits per heavy atom. The van der Waals surface area contributed by atoms with Crippen molar-refractivity contribution in [3.05, 3.63) is 12.2 Å². The van der Waals surface area contributed by atoms with Crippen LogP contribution in [0.4, 0.5) is 0 Å². The molecule has 2 amide bonds. The van der Waals surface area contributed by atoms with Crippen LogP contribution in [0.1, 0.15) is 47.0 Å². The van der Waals surface area contributed by atoms with Crippen LogP contribution in [0.25, 0.3) is 0 Å². The van der Waals surface area contributed by atoms with Gasteiger partial charge in [-0.15, -0.1) is 0 Å². The van der Waals surface area contributed by atoms with Crippen molar-refractivity contribution in [1.82, 2.24) is 10.2 Å². The van der Waals surface area contributed by atoms with Crippen molar-refractivity contribution in [2.75, 3.05) is 13.1 Å². The summed E-state index contributed by atoms with van der Waals surface area (Å²) < 4.78 is 0. The predicted molar refractivity (Wildman–Crippen MR) is 76.6 cm³/mol. The van der Waals surface area contributed by atoms with E-state index in [9.17, 15) is 9.59 Å². The van der Waals surface area contributed by atoms with Gasteiger partial charge in [0.15, 0.2) is 0 Å². The summed E-state index contributed by atoms with van der Waals surface area (Å²) in [6.07, 6.45) is 6.84. The van der Waals surface area contributed by atoms with Crippen LogP contribution in [-0.2, 0) is 9.59 Å². The van der Waals surface area contributed by atoms with Gasteiger partial charge in [0.25, 0.3) is 0 Å². The molecule has 4 nitrogen and oxygen atoms in total. The van der Waals surface area contributed by atoms with Crippen LogP contribution >= 0.6 is 0 Å². The molecule has 0 bridgehead atoms. The van der Waals surface area contributed by atoms with Gasteiger partial charge in [0, 0.05) is 18.0 Å². The van der Waals surface area contributed by atoms with E-state index in [0.717, 1.165) is 19.3 Å². The standard InChI is InChI=1S/C15H26N2O2/c1-5-17(11-13(18)16-15(2,3)4)14(19)12-9-7-6-8-10-12/h6-7,12H,5,8-11H2,1-4H3,(H,16,18). The molecular formula is C15H26N2O2. The maximum Gasteiger partial charge on any atom is 0.240 e. The van der Waals surface area contributed by atoms with Crippen molar-refractivity contribution in [2.24, 2.45) is 5.92 Å². The van der Waals surface area contributed by atoms with Crippen LogP contribution in [0.15, 0.2) is 12.2 Å². The Kier molecular flexibility index (Phi) is 5.58. The van der Waals surface area contributed by atoms with E-state index in [4.69, 9.17) is 0 Å². The fourth-order valence-corrected chi connectivity index (χ4v) is 2.25. The highest BCUT2D eigenvalue weighted by atomic mass is 16.2. The maximum atomic E-state index is 12.3. The molecule has 1 rings (SSSR count). The van der Waals surface area contributed by atoms with Gasteiger partial charge >= 0.3 is 0 Å². The van der Waals surface area contributed by atoms with E-state index in [1.165, 1.54) is 0 Å². The molecule has 0 aliphatic heterocycles. The van der Waals surface area contributed by atoms with E-state index < -0.39 is 0 Å². The molecule has 0 spiro atoms. The van der Waals surface area contributed by atoms with E-state index >= 15 is 0 Å². The fourth-order valence-electron chi connectivity index (χ4n) is 2.25. The van der Waals surface area contributed by atoms with E-state index in [1.807, 2.05) is 27.7 Å². The topological polar surface area (TPSA) is 49.4 Å². The Balaban J connectivity index is 2.55. The molecule has 1 N–H and O–H groups in total. The minimum absolute atomic E-state index is 0.0485. The van der Waals surface area contributed by atoms with Gasteiger partial charge in [-0.3, -0.25) is 9.59 Å². The van der Waals surface area contributed by atoms with E-state index in [1.54, 1.807) is 4.90 Å². The zero-order chi connectivity index (χ0) is 14.5. The number of carbonyl (C=O) groups excluding carboxylic acids is 2. The molecule has 0 fully saturated rings. The minimum Gasteiger partial charge on any atom is -0.350 e. The molecule has 1 unspecified atom stereocenters. The van der Waals surface area contributed by atoms with Gasteiger partial charge in [-0.05, 0) is 47.0 Å². The summed E-state index contributed by atoms with van der Waals surface area (Å²) in [4.78, 5) is 25.9. The summed E-state index contributed by atoms with van der Waals surface area (Å²) in [5.74, 6) is 0.0670. The van der Waals surface area contributed by atoms with Gasteiger partial charge in [-0.25, -0.2) is 0 Å². The molecule has 1 aliphatic rings. The van der Waals surface area contributed by atoms with Crippen molar-refractivity contribution in [3.63, 3.8) is 0 Å². The van der Waals surface area contributed by atoms with Gasteiger partial charge in [-0.2, -0.15) is 0 Å². The summed E-state index contributed by atoms with van der Waals surface area (Å²) in [6.45, 7) is 8.48. The molecule has 1 aliphatic carbocycles. The first-order valence-corrected chi connectivity index (χ1v) is 7.08. The van der Waals surface area contributed by atoms with Crippen LogP contribution in [-0.4, -0.2) is 35.3 Å². The smallest absolute Gasteiger partial charge is 0.240 e. The normalized spacial score (nSPS) is 19.1. The van der Waals surface area contributed by atoms with Gasteiger partial charge in [0.1, 0.15) is 0 Å². The predicted octanol–water partition coefficient (Wildman–Crippen LogP) is 2.11. The molecule has 0 aromatic carbocycles. The quantitative estimate of drug-likeness (QED) is 0.792. The molecule has 19 heavy (non-hydrogen) atoms. The molecule has 4 heteroatoms. The lowest BCUT2D eigenvalue weighted by atomic mass is 9.93. The Morgan fingerprint density at radius 3 is 2.47 bits per heavy atom. The Morgan fingerprint density at radius 2 is 2.00 bits per heavy atom. The highest BCUT2D eigenvalue weighted by Crippen LogP contribution is 2.20. The SMILES string of the molecule is CCN(CC(=O)NC(C)(C)C)C(=O)C1CC=CCC1. The van der Waals surface area contributed by atoms with E-state index in [2.05, 4.69) is 17.5 Å². The molecular weight excluding hydrogens is 240 g/mol. The monoisotopic (exact) mass is 266 g/mol. The number of allylic oxidation sites excluding steroid dienone is 2.